The molecule has 1 heterocycles. The van der Waals surface area contributed by atoms with E-state index in [0.29, 0.717) is 0 Å². The highest BCUT2D eigenvalue weighted by Gasteiger charge is 2.11. The number of nitro groups is 1. The minimum absolute atomic E-state index is 0.284. The molecule has 0 spiro atoms. The van der Waals surface area contributed by atoms with Crippen LogP contribution in [0.3, 0.4) is 0 Å². The van der Waals surface area contributed by atoms with Crippen LogP contribution in [0.2, 0.25) is 0 Å². The Morgan fingerprint density at radius 2 is 1.85 bits per heavy atom. The zero-order valence-corrected chi connectivity index (χ0v) is 7.61. The molecule has 13 heavy (non-hydrogen) atoms. The summed E-state index contributed by atoms with van der Waals surface area (Å²) in [5.74, 6) is 0.284. The van der Waals surface area contributed by atoms with Crippen molar-refractivity contribution in [1.29, 1.82) is 0 Å². The average molecular weight is 185 g/mol. The van der Waals surface area contributed by atoms with E-state index in [9.17, 15) is 10.1 Å². The van der Waals surface area contributed by atoms with Gasteiger partial charge in [-0.2, -0.15) is 0 Å². The van der Waals surface area contributed by atoms with Crippen LogP contribution >= 0.6 is 0 Å². The minimum Gasteiger partial charge on any atom is -0.380 e. The van der Waals surface area contributed by atoms with Gasteiger partial charge in [0.1, 0.15) is 0 Å². The summed E-state index contributed by atoms with van der Waals surface area (Å²) in [6.07, 6.45) is 5.42. The van der Waals surface area contributed by atoms with E-state index in [1.807, 2.05) is 4.90 Å². The number of hydrogen-bond donors (Lipinski definition) is 1. The summed E-state index contributed by atoms with van der Waals surface area (Å²) in [4.78, 5) is 11.5. The summed E-state index contributed by atoms with van der Waals surface area (Å²) in [6.45, 7) is 1.69. The van der Waals surface area contributed by atoms with Gasteiger partial charge in [-0.15, -0.1) is 0 Å². The number of nitrogens with zero attached hydrogens (tertiary/aromatic N) is 2. The first-order valence-electron chi connectivity index (χ1n) is 4.56. The highest BCUT2D eigenvalue weighted by atomic mass is 16.6. The molecule has 0 aromatic rings. The van der Waals surface area contributed by atoms with Gasteiger partial charge in [0.2, 0.25) is 0 Å². The van der Waals surface area contributed by atoms with Gasteiger partial charge in [-0.05, 0) is 12.8 Å². The van der Waals surface area contributed by atoms with E-state index in [1.54, 1.807) is 0 Å². The molecule has 0 radical (unpaired) electrons. The summed E-state index contributed by atoms with van der Waals surface area (Å²) >= 11 is 0. The molecule has 1 fully saturated rings. The van der Waals surface area contributed by atoms with E-state index in [1.165, 1.54) is 12.8 Å². The standard InChI is InChI=1S/C8H15N3O2/c9-8(7-11(12)13)10-5-3-1-2-4-6-10/h7H,1-6,9H2/b8-7+. The summed E-state index contributed by atoms with van der Waals surface area (Å²) in [5.41, 5.74) is 5.56. The third-order valence-electron chi connectivity index (χ3n) is 2.21. The van der Waals surface area contributed by atoms with E-state index in [-0.39, 0.29) is 5.82 Å². The fourth-order valence-corrected chi connectivity index (χ4v) is 1.52. The van der Waals surface area contributed by atoms with Crippen molar-refractivity contribution in [3.8, 4) is 0 Å². The SMILES string of the molecule is N/C(=C\[N+](=O)[O-])N1CCCCCC1. The molecule has 0 bridgehead atoms. The van der Waals surface area contributed by atoms with Gasteiger partial charge in [0.15, 0.2) is 5.82 Å². The molecule has 0 aromatic carbocycles. The Morgan fingerprint density at radius 3 is 2.31 bits per heavy atom. The highest BCUT2D eigenvalue weighted by Crippen LogP contribution is 2.11. The van der Waals surface area contributed by atoms with Gasteiger partial charge in [0.25, 0.3) is 6.20 Å². The minimum atomic E-state index is -0.500. The van der Waals surface area contributed by atoms with Crippen molar-refractivity contribution in [1.82, 2.24) is 4.90 Å². The van der Waals surface area contributed by atoms with Gasteiger partial charge in [0, 0.05) is 13.1 Å². The Hall–Kier alpha value is -1.26. The lowest BCUT2D eigenvalue weighted by molar-refractivity contribution is -0.404. The second-order valence-electron chi connectivity index (χ2n) is 3.24. The predicted octanol–water partition coefficient (Wildman–Crippen LogP) is 0.897. The van der Waals surface area contributed by atoms with E-state index < -0.39 is 4.92 Å². The van der Waals surface area contributed by atoms with Crippen LogP contribution in [0, 0.1) is 10.1 Å². The van der Waals surface area contributed by atoms with E-state index in [2.05, 4.69) is 0 Å². The molecule has 0 atom stereocenters. The first-order chi connectivity index (χ1) is 6.20. The summed E-state index contributed by atoms with van der Waals surface area (Å²) in [6, 6.07) is 0. The van der Waals surface area contributed by atoms with Crippen molar-refractivity contribution >= 4 is 0 Å². The van der Waals surface area contributed by atoms with E-state index >= 15 is 0 Å². The molecule has 1 aliphatic rings. The fraction of sp³-hybridized carbons (Fsp3) is 0.750. The lowest BCUT2D eigenvalue weighted by Crippen LogP contribution is -2.29. The van der Waals surface area contributed by atoms with Gasteiger partial charge in [0.05, 0.1) is 4.92 Å². The maximum absolute atomic E-state index is 10.2. The van der Waals surface area contributed by atoms with Crippen molar-refractivity contribution < 1.29 is 4.92 Å². The Kier molecular flexibility index (Phi) is 3.54. The molecule has 0 saturated carbocycles. The van der Waals surface area contributed by atoms with Gasteiger partial charge in [-0.25, -0.2) is 0 Å². The van der Waals surface area contributed by atoms with E-state index in [0.717, 1.165) is 32.1 Å². The molecule has 0 aliphatic carbocycles. The van der Waals surface area contributed by atoms with Gasteiger partial charge in [-0.1, -0.05) is 12.8 Å². The van der Waals surface area contributed by atoms with Gasteiger partial charge in [-0.3, -0.25) is 10.1 Å². The quantitative estimate of drug-likeness (QED) is 0.512. The zero-order chi connectivity index (χ0) is 9.68. The second kappa shape index (κ2) is 4.69. The van der Waals surface area contributed by atoms with Crippen LogP contribution in [0.25, 0.3) is 0 Å². The molecule has 5 heteroatoms. The molecular formula is C8H15N3O2. The summed E-state index contributed by atoms with van der Waals surface area (Å²) in [5, 5.41) is 10.2. The number of likely N-dealkylation sites (tertiary alicyclic amines) is 1. The number of rotatable bonds is 2. The molecule has 5 nitrogen and oxygen atoms in total. The Morgan fingerprint density at radius 1 is 1.31 bits per heavy atom. The first-order valence-corrected chi connectivity index (χ1v) is 4.56. The first kappa shape index (κ1) is 9.83. The Balaban J connectivity index is 2.53. The third kappa shape index (κ3) is 3.31. The molecule has 0 amide bonds. The van der Waals surface area contributed by atoms with Crippen molar-refractivity contribution in [3.05, 3.63) is 22.1 Å². The van der Waals surface area contributed by atoms with E-state index in [4.69, 9.17) is 5.73 Å². The van der Waals surface area contributed by atoms with Crippen molar-refractivity contribution in [2.24, 2.45) is 5.73 Å². The van der Waals surface area contributed by atoms with Gasteiger partial charge < -0.3 is 10.6 Å². The van der Waals surface area contributed by atoms with Crippen molar-refractivity contribution in [2.75, 3.05) is 13.1 Å². The lowest BCUT2D eigenvalue weighted by atomic mass is 10.2. The summed E-state index contributed by atoms with van der Waals surface area (Å²) in [7, 11) is 0. The summed E-state index contributed by atoms with van der Waals surface area (Å²) < 4.78 is 0. The highest BCUT2D eigenvalue weighted by molar-refractivity contribution is 4.91. The molecule has 2 N–H and O–H groups in total. The normalized spacial score (nSPS) is 19.7. The fourth-order valence-electron chi connectivity index (χ4n) is 1.52. The van der Waals surface area contributed by atoms with Crippen LogP contribution in [0.5, 0.6) is 0 Å². The van der Waals surface area contributed by atoms with Crippen LogP contribution in [0.1, 0.15) is 25.7 Å². The molecule has 1 saturated heterocycles. The van der Waals surface area contributed by atoms with Crippen molar-refractivity contribution in [3.63, 3.8) is 0 Å². The number of hydrogen-bond acceptors (Lipinski definition) is 4. The van der Waals surface area contributed by atoms with Gasteiger partial charge >= 0.3 is 0 Å². The average Bonchev–Trinajstić information content (AvgIpc) is 2.29. The molecule has 0 unspecified atom stereocenters. The van der Waals surface area contributed by atoms with Crippen LogP contribution in [0.15, 0.2) is 12.0 Å². The molecule has 74 valence electrons. The monoisotopic (exact) mass is 185 g/mol. The van der Waals surface area contributed by atoms with Crippen LogP contribution in [-0.2, 0) is 0 Å². The molecule has 0 aromatic heterocycles. The molecular weight excluding hydrogens is 170 g/mol. The number of nitrogens with two attached hydrogens (primary N) is 1. The second-order valence-corrected chi connectivity index (χ2v) is 3.24. The maximum Gasteiger partial charge on any atom is 0.274 e. The largest absolute Gasteiger partial charge is 0.380 e. The topological polar surface area (TPSA) is 72.4 Å². The molecule has 1 aliphatic heterocycles. The third-order valence-corrected chi connectivity index (χ3v) is 2.21. The van der Waals surface area contributed by atoms with Crippen molar-refractivity contribution in [2.45, 2.75) is 25.7 Å². The lowest BCUT2D eigenvalue weighted by Gasteiger charge is -2.20. The zero-order valence-electron chi connectivity index (χ0n) is 7.61. The predicted molar refractivity (Wildman–Crippen MR) is 49.3 cm³/mol. The Labute approximate surface area is 77.4 Å². The Bertz CT molecular complexity index is 207. The smallest absolute Gasteiger partial charge is 0.274 e. The van der Waals surface area contributed by atoms with Crippen LogP contribution in [0.4, 0.5) is 0 Å². The molecule has 1 rings (SSSR count). The maximum atomic E-state index is 10.2. The van der Waals surface area contributed by atoms with Crippen LogP contribution < -0.4 is 5.73 Å². The van der Waals surface area contributed by atoms with Crippen LogP contribution in [-0.4, -0.2) is 22.9 Å².